The van der Waals surface area contributed by atoms with Crippen LogP contribution in [0.15, 0.2) is 24.3 Å². The van der Waals surface area contributed by atoms with Crippen molar-refractivity contribution in [1.82, 2.24) is 5.32 Å². The number of carbonyl (C=O) groups excluding carboxylic acids is 1. The minimum Gasteiger partial charge on any atom is -0.494 e. The van der Waals surface area contributed by atoms with Gasteiger partial charge in [0.25, 0.3) is 0 Å². The number of carbonyl (C=O) groups is 1. The van der Waals surface area contributed by atoms with Crippen molar-refractivity contribution in [2.24, 2.45) is 5.92 Å². The average Bonchev–Trinajstić information content (AvgIpc) is 2.37. The van der Waals surface area contributed by atoms with Gasteiger partial charge in [-0.3, -0.25) is 4.79 Å². The van der Waals surface area contributed by atoms with Gasteiger partial charge in [0.15, 0.2) is 0 Å². The molecule has 0 fully saturated rings. The third kappa shape index (κ3) is 6.27. The number of hydrogen-bond acceptors (Lipinski definition) is 2. The molecule has 0 radical (unpaired) electrons. The summed E-state index contributed by atoms with van der Waals surface area (Å²) in [5, 5.41) is 2.96. The first-order valence-corrected chi connectivity index (χ1v) is 7.10. The highest BCUT2D eigenvalue weighted by atomic mass is 16.5. The lowest BCUT2D eigenvalue weighted by Gasteiger charge is -2.10. The van der Waals surface area contributed by atoms with Gasteiger partial charge in [-0.05, 0) is 37.3 Å². The Bertz CT molecular complexity index is 388. The first kappa shape index (κ1) is 15.5. The molecule has 3 heteroatoms. The molecule has 0 saturated carbocycles. The lowest BCUT2D eigenvalue weighted by atomic mass is 10.1. The zero-order chi connectivity index (χ0) is 14.1. The van der Waals surface area contributed by atoms with Gasteiger partial charge >= 0.3 is 0 Å². The highest BCUT2D eigenvalue weighted by Gasteiger charge is 2.06. The van der Waals surface area contributed by atoms with Crippen LogP contribution in [-0.2, 0) is 11.2 Å². The van der Waals surface area contributed by atoms with E-state index in [4.69, 9.17) is 4.74 Å². The Morgan fingerprint density at radius 3 is 2.74 bits per heavy atom. The maximum absolute atomic E-state index is 11.7. The molecule has 0 spiro atoms. The quantitative estimate of drug-likeness (QED) is 0.782. The third-order valence-electron chi connectivity index (χ3n) is 2.94. The van der Waals surface area contributed by atoms with Crippen LogP contribution in [-0.4, -0.2) is 19.1 Å². The third-order valence-corrected chi connectivity index (χ3v) is 2.94. The van der Waals surface area contributed by atoms with Gasteiger partial charge in [0.1, 0.15) is 5.75 Å². The number of rotatable bonds is 8. The Balaban J connectivity index is 2.37. The minimum atomic E-state index is 0.118. The zero-order valence-corrected chi connectivity index (χ0v) is 12.2. The van der Waals surface area contributed by atoms with E-state index in [0.717, 1.165) is 30.7 Å². The molecule has 0 saturated heterocycles. The summed E-state index contributed by atoms with van der Waals surface area (Å²) in [4.78, 5) is 11.7. The zero-order valence-electron chi connectivity index (χ0n) is 12.2. The number of hydrogen-bond donors (Lipinski definition) is 1. The molecule has 0 aliphatic carbocycles. The van der Waals surface area contributed by atoms with Crippen LogP contribution in [0.25, 0.3) is 0 Å². The van der Waals surface area contributed by atoms with Crippen LogP contribution in [0.5, 0.6) is 5.75 Å². The Morgan fingerprint density at radius 2 is 2.05 bits per heavy atom. The summed E-state index contributed by atoms with van der Waals surface area (Å²) in [6.07, 6.45) is 2.27. The molecule has 19 heavy (non-hydrogen) atoms. The molecule has 0 aromatic heterocycles. The smallest absolute Gasteiger partial charge is 0.220 e. The van der Waals surface area contributed by atoms with Crippen molar-refractivity contribution in [2.75, 3.05) is 13.2 Å². The fourth-order valence-electron chi connectivity index (χ4n) is 1.84. The number of amides is 1. The van der Waals surface area contributed by atoms with Crippen LogP contribution in [0.4, 0.5) is 0 Å². The van der Waals surface area contributed by atoms with Crippen LogP contribution in [0.1, 0.15) is 39.2 Å². The molecule has 0 atom stereocenters. The molecule has 0 bridgehead atoms. The first-order valence-electron chi connectivity index (χ1n) is 7.10. The van der Waals surface area contributed by atoms with E-state index in [1.165, 1.54) is 0 Å². The highest BCUT2D eigenvalue weighted by molar-refractivity contribution is 5.76. The molecule has 1 N–H and O–H groups in total. The monoisotopic (exact) mass is 263 g/mol. The highest BCUT2D eigenvalue weighted by Crippen LogP contribution is 2.19. The summed E-state index contributed by atoms with van der Waals surface area (Å²) < 4.78 is 5.55. The summed E-state index contributed by atoms with van der Waals surface area (Å²) in [5.41, 5.74) is 1.10. The predicted octanol–water partition coefficient (Wildman–Crippen LogP) is 3.18. The Morgan fingerprint density at radius 1 is 1.32 bits per heavy atom. The van der Waals surface area contributed by atoms with E-state index in [2.05, 4.69) is 19.2 Å². The summed E-state index contributed by atoms with van der Waals surface area (Å²) in [5.74, 6) is 1.63. The fraction of sp³-hybridized carbons (Fsp3) is 0.562. The van der Waals surface area contributed by atoms with Crippen molar-refractivity contribution in [3.8, 4) is 5.75 Å². The Labute approximate surface area is 116 Å². The van der Waals surface area contributed by atoms with Crippen LogP contribution in [0.2, 0.25) is 0 Å². The molecule has 0 aliphatic heterocycles. The van der Waals surface area contributed by atoms with Crippen molar-refractivity contribution < 1.29 is 9.53 Å². The molecule has 0 aliphatic rings. The predicted molar refractivity (Wildman–Crippen MR) is 78.4 cm³/mol. The van der Waals surface area contributed by atoms with Gasteiger partial charge in [-0.15, -0.1) is 0 Å². The second-order valence-electron chi connectivity index (χ2n) is 5.07. The van der Waals surface area contributed by atoms with E-state index in [1.54, 1.807) is 0 Å². The van der Waals surface area contributed by atoms with Crippen molar-refractivity contribution in [1.29, 1.82) is 0 Å². The Kier molecular flexibility index (Phi) is 7.01. The van der Waals surface area contributed by atoms with Gasteiger partial charge in [-0.25, -0.2) is 0 Å². The topological polar surface area (TPSA) is 38.3 Å². The van der Waals surface area contributed by atoms with Gasteiger partial charge in [0, 0.05) is 13.0 Å². The standard InChI is InChI=1S/C16H25NO2/c1-4-19-15-8-6-5-7-14(15)9-10-16(18)17-12-11-13(2)3/h5-8,13H,4,9-12H2,1-3H3,(H,17,18). The molecule has 0 unspecified atom stereocenters. The summed E-state index contributed by atoms with van der Waals surface area (Å²) in [6.45, 7) is 7.70. The van der Waals surface area contributed by atoms with Crippen molar-refractivity contribution in [2.45, 2.75) is 40.0 Å². The lowest BCUT2D eigenvalue weighted by Crippen LogP contribution is -2.25. The van der Waals surface area contributed by atoms with Gasteiger partial charge in [-0.1, -0.05) is 32.0 Å². The molecule has 1 aromatic rings. The number of nitrogens with one attached hydrogen (secondary N) is 1. The van der Waals surface area contributed by atoms with Crippen molar-refractivity contribution in [3.05, 3.63) is 29.8 Å². The maximum Gasteiger partial charge on any atom is 0.220 e. The summed E-state index contributed by atoms with van der Waals surface area (Å²) >= 11 is 0. The number of aryl methyl sites for hydroxylation is 1. The molecular formula is C16H25NO2. The SMILES string of the molecule is CCOc1ccccc1CCC(=O)NCCC(C)C. The molecule has 0 heterocycles. The van der Waals surface area contributed by atoms with Gasteiger partial charge < -0.3 is 10.1 Å². The summed E-state index contributed by atoms with van der Waals surface area (Å²) in [7, 11) is 0. The lowest BCUT2D eigenvalue weighted by molar-refractivity contribution is -0.121. The number of benzene rings is 1. The fourth-order valence-corrected chi connectivity index (χ4v) is 1.84. The van der Waals surface area contributed by atoms with Crippen LogP contribution < -0.4 is 10.1 Å². The van der Waals surface area contributed by atoms with E-state index < -0.39 is 0 Å². The van der Waals surface area contributed by atoms with Crippen molar-refractivity contribution >= 4 is 5.91 Å². The van der Waals surface area contributed by atoms with E-state index in [0.29, 0.717) is 18.9 Å². The first-order chi connectivity index (χ1) is 9.13. The van der Waals surface area contributed by atoms with E-state index >= 15 is 0 Å². The van der Waals surface area contributed by atoms with Crippen LogP contribution >= 0.6 is 0 Å². The summed E-state index contributed by atoms with van der Waals surface area (Å²) in [6, 6.07) is 7.91. The van der Waals surface area contributed by atoms with E-state index in [-0.39, 0.29) is 5.91 Å². The molecular weight excluding hydrogens is 238 g/mol. The van der Waals surface area contributed by atoms with Crippen molar-refractivity contribution in [3.63, 3.8) is 0 Å². The average molecular weight is 263 g/mol. The normalized spacial score (nSPS) is 10.5. The largest absolute Gasteiger partial charge is 0.494 e. The molecule has 1 rings (SSSR count). The van der Waals surface area contributed by atoms with E-state index in [9.17, 15) is 4.79 Å². The van der Waals surface area contributed by atoms with Gasteiger partial charge in [-0.2, -0.15) is 0 Å². The molecule has 1 amide bonds. The Hall–Kier alpha value is -1.51. The second kappa shape index (κ2) is 8.57. The maximum atomic E-state index is 11.7. The number of para-hydroxylation sites is 1. The van der Waals surface area contributed by atoms with Gasteiger partial charge in [0.05, 0.1) is 6.61 Å². The van der Waals surface area contributed by atoms with Crippen LogP contribution in [0.3, 0.4) is 0 Å². The number of ether oxygens (including phenoxy) is 1. The molecule has 1 aromatic carbocycles. The van der Waals surface area contributed by atoms with Crippen LogP contribution in [0, 0.1) is 5.92 Å². The second-order valence-corrected chi connectivity index (χ2v) is 5.07. The van der Waals surface area contributed by atoms with E-state index in [1.807, 2.05) is 31.2 Å². The minimum absolute atomic E-state index is 0.118. The van der Waals surface area contributed by atoms with Gasteiger partial charge in [0.2, 0.25) is 5.91 Å². The molecule has 3 nitrogen and oxygen atoms in total. The molecule has 106 valence electrons.